The number of nitrogen functional groups attached to an aromatic ring is 1. The summed E-state index contributed by atoms with van der Waals surface area (Å²) in [7, 11) is 0. The summed E-state index contributed by atoms with van der Waals surface area (Å²) in [5.74, 6) is 0. The summed E-state index contributed by atoms with van der Waals surface area (Å²) < 4.78 is 12.1. The molecule has 3 nitrogen and oxygen atoms in total. The van der Waals surface area contributed by atoms with Crippen LogP contribution < -0.4 is 5.73 Å². The average Bonchev–Trinajstić information content (AvgIpc) is 3.24. The van der Waals surface area contributed by atoms with E-state index in [1.54, 1.807) is 0 Å². The number of para-hydroxylation sites is 1. The van der Waals surface area contributed by atoms with Crippen LogP contribution in [-0.2, 0) is 0 Å². The molecule has 2 N–H and O–H groups in total. The van der Waals surface area contributed by atoms with Gasteiger partial charge >= 0.3 is 0 Å². The predicted octanol–water partition coefficient (Wildman–Crippen LogP) is 6.73. The van der Waals surface area contributed by atoms with Crippen molar-refractivity contribution in [1.29, 1.82) is 0 Å². The third kappa shape index (κ3) is 2.09. The van der Waals surface area contributed by atoms with Crippen LogP contribution in [0.15, 0.2) is 87.7 Å². The average molecular weight is 349 g/mol. The number of nitrogens with two attached hydrogens (primary N) is 1. The van der Waals surface area contributed by atoms with E-state index < -0.39 is 0 Å². The third-order valence-electron chi connectivity index (χ3n) is 5.21. The van der Waals surface area contributed by atoms with Gasteiger partial charge in [0.15, 0.2) is 0 Å². The Bertz CT molecular complexity index is 1490. The molecule has 0 fully saturated rings. The maximum absolute atomic E-state index is 6.03. The van der Waals surface area contributed by atoms with Crippen molar-refractivity contribution in [2.24, 2.45) is 0 Å². The lowest BCUT2D eigenvalue weighted by atomic mass is 10.0. The van der Waals surface area contributed by atoms with Crippen LogP contribution in [0.1, 0.15) is 0 Å². The van der Waals surface area contributed by atoms with Crippen molar-refractivity contribution in [2.75, 3.05) is 5.73 Å². The van der Waals surface area contributed by atoms with Crippen molar-refractivity contribution in [3.8, 4) is 11.1 Å². The van der Waals surface area contributed by atoms with E-state index in [1.807, 2.05) is 36.4 Å². The molecule has 6 rings (SSSR count). The maximum atomic E-state index is 6.03. The van der Waals surface area contributed by atoms with Crippen molar-refractivity contribution in [3.05, 3.63) is 78.9 Å². The number of fused-ring (bicyclic) bond motifs is 6. The Morgan fingerprint density at radius 1 is 0.481 bits per heavy atom. The van der Waals surface area contributed by atoms with E-state index >= 15 is 0 Å². The second-order valence-electron chi connectivity index (χ2n) is 6.88. The van der Waals surface area contributed by atoms with Crippen LogP contribution in [0.4, 0.5) is 5.69 Å². The lowest BCUT2D eigenvalue weighted by Gasteiger charge is -2.02. The van der Waals surface area contributed by atoms with Gasteiger partial charge < -0.3 is 14.6 Å². The second-order valence-corrected chi connectivity index (χ2v) is 6.88. The topological polar surface area (TPSA) is 52.3 Å². The molecule has 0 bridgehead atoms. The summed E-state index contributed by atoms with van der Waals surface area (Å²) in [4.78, 5) is 0. The van der Waals surface area contributed by atoms with Crippen LogP contribution in [-0.4, -0.2) is 0 Å². The minimum absolute atomic E-state index is 0.706. The zero-order valence-corrected chi connectivity index (χ0v) is 14.4. The molecule has 27 heavy (non-hydrogen) atoms. The van der Waals surface area contributed by atoms with Crippen LogP contribution in [0.2, 0.25) is 0 Å². The van der Waals surface area contributed by atoms with Crippen LogP contribution in [0.5, 0.6) is 0 Å². The quantitative estimate of drug-likeness (QED) is 0.335. The van der Waals surface area contributed by atoms with E-state index in [4.69, 9.17) is 14.6 Å². The fourth-order valence-corrected chi connectivity index (χ4v) is 3.88. The van der Waals surface area contributed by atoms with Gasteiger partial charge in [-0.25, -0.2) is 0 Å². The lowest BCUT2D eigenvalue weighted by Crippen LogP contribution is -1.81. The van der Waals surface area contributed by atoms with Crippen molar-refractivity contribution in [2.45, 2.75) is 0 Å². The summed E-state index contributed by atoms with van der Waals surface area (Å²) in [5.41, 5.74) is 12.3. The first-order valence-electron chi connectivity index (χ1n) is 8.90. The number of anilines is 1. The minimum Gasteiger partial charge on any atom is -0.456 e. The Hall–Kier alpha value is -3.72. The lowest BCUT2D eigenvalue weighted by molar-refractivity contribution is 0.668. The molecule has 3 heteroatoms. The minimum atomic E-state index is 0.706. The monoisotopic (exact) mass is 349 g/mol. The number of rotatable bonds is 1. The van der Waals surface area contributed by atoms with Gasteiger partial charge in [0.05, 0.1) is 0 Å². The molecule has 0 spiro atoms. The van der Waals surface area contributed by atoms with Gasteiger partial charge in [-0.1, -0.05) is 30.3 Å². The highest BCUT2D eigenvalue weighted by Gasteiger charge is 2.11. The molecule has 0 unspecified atom stereocenters. The summed E-state index contributed by atoms with van der Waals surface area (Å²) in [6.45, 7) is 0. The highest BCUT2D eigenvalue weighted by Crippen LogP contribution is 2.35. The van der Waals surface area contributed by atoms with Crippen molar-refractivity contribution >= 4 is 49.6 Å². The summed E-state index contributed by atoms with van der Waals surface area (Å²) in [6.07, 6.45) is 0. The molecule has 0 saturated heterocycles. The van der Waals surface area contributed by atoms with Gasteiger partial charge in [0, 0.05) is 33.3 Å². The number of hydrogen-bond donors (Lipinski definition) is 1. The van der Waals surface area contributed by atoms with Crippen LogP contribution in [0.3, 0.4) is 0 Å². The number of benzene rings is 4. The standard InChI is InChI=1S/C24H15NO2/c25-16-7-10-20-19-9-6-15(12-23(19)27-24(20)13-16)14-5-8-18-17-3-1-2-4-21(17)26-22(18)11-14/h1-13H,25H2. The van der Waals surface area contributed by atoms with E-state index in [2.05, 4.69) is 42.5 Å². The fraction of sp³-hybridized carbons (Fsp3) is 0. The third-order valence-corrected chi connectivity index (χ3v) is 5.21. The molecule has 0 atom stereocenters. The molecule has 2 heterocycles. The molecule has 6 aromatic rings. The molecule has 0 aliphatic rings. The molecule has 0 aliphatic carbocycles. The predicted molar refractivity (Wildman–Crippen MR) is 111 cm³/mol. The molecule has 128 valence electrons. The second kappa shape index (κ2) is 5.15. The molecular weight excluding hydrogens is 334 g/mol. The first-order valence-corrected chi connectivity index (χ1v) is 8.90. The van der Waals surface area contributed by atoms with Gasteiger partial charge in [0.25, 0.3) is 0 Å². The SMILES string of the molecule is Nc1ccc2c(c1)oc1cc(-c3ccc4c(c3)oc3ccccc34)ccc12. The normalized spacial score (nSPS) is 11.9. The summed E-state index contributed by atoms with van der Waals surface area (Å²) in [5, 5.41) is 4.45. The summed E-state index contributed by atoms with van der Waals surface area (Å²) in [6, 6.07) is 26.6. The molecule has 0 saturated carbocycles. The molecule has 0 amide bonds. The Labute approximate surface area is 154 Å². The number of furan rings is 2. The zero-order valence-electron chi connectivity index (χ0n) is 14.4. The highest BCUT2D eigenvalue weighted by atomic mass is 16.3. The maximum Gasteiger partial charge on any atom is 0.137 e. The Morgan fingerprint density at radius 2 is 1.00 bits per heavy atom. The number of hydrogen-bond acceptors (Lipinski definition) is 3. The van der Waals surface area contributed by atoms with E-state index in [0.717, 1.165) is 55.0 Å². The fourth-order valence-electron chi connectivity index (χ4n) is 3.88. The van der Waals surface area contributed by atoms with Crippen molar-refractivity contribution < 1.29 is 8.83 Å². The van der Waals surface area contributed by atoms with Gasteiger partial charge in [-0.3, -0.25) is 0 Å². The van der Waals surface area contributed by atoms with Crippen LogP contribution in [0, 0.1) is 0 Å². The Balaban J connectivity index is 1.55. The van der Waals surface area contributed by atoms with Gasteiger partial charge in [0.1, 0.15) is 22.3 Å². The van der Waals surface area contributed by atoms with E-state index in [9.17, 15) is 0 Å². The van der Waals surface area contributed by atoms with Gasteiger partial charge in [-0.2, -0.15) is 0 Å². The van der Waals surface area contributed by atoms with Crippen molar-refractivity contribution in [3.63, 3.8) is 0 Å². The molecule has 0 aliphatic heterocycles. The molecular formula is C24H15NO2. The van der Waals surface area contributed by atoms with Gasteiger partial charge in [-0.05, 0) is 53.6 Å². The largest absolute Gasteiger partial charge is 0.456 e. The van der Waals surface area contributed by atoms with Crippen molar-refractivity contribution in [1.82, 2.24) is 0 Å². The smallest absolute Gasteiger partial charge is 0.137 e. The Kier molecular flexibility index (Phi) is 2.75. The van der Waals surface area contributed by atoms with Gasteiger partial charge in [0.2, 0.25) is 0 Å². The molecule has 0 radical (unpaired) electrons. The zero-order chi connectivity index (χ0) is 18.0. The van der Waals surface area contributed by atoms with Crippen LogP contribution in [0.25, 0.3) is 55.0 Å². The molecule has 4 aromatic carbocycles. The highest BCUT2D eigenvalue weighted by molar-refractivity contribution is 6.08. The molecule has 2 aromatic heterocycles. The van der Waals surface area contributed by atoms with E-state index in [-0.39, 0.29) is 0 Å². The van der Waals surface area contributed by atoms with Gasteiger partial charge in [-0.15, -0.1) is 0 Å². The van der Waals surface area contributed by atoms with E-state index in [0.29, 0.717) is 5.69 Å². The van der Waals surface area contributed by atoms with E-state index in [1.165, 1.54) is 0 Å². The first kappa shape index (κ1) is 14.4. The first-order chi connectivity index (χ1) is 13.3. The van der Waals surface area contributed by atoms with Crippen LogP contribution >= 0.6 is 0 Å². The summed E-state index contributed by atoms with van der Waals surface area (Å²) >= 11 is 0. The Morgan fingerprint density at radius 3 is 1.70 bits per heavy atom.